The lowest BCUT2D eigenvalue weighted by molar-refractivity contribution is -0.146. The maximum atomic E-state index is 14.0. The molecule has 4 nitrogen and oxygen atoms in total. The van der Waals surface area contributed by atoms with E-state index in [0.29, 0.717) is 17.2 Å². The van der Waals surface area contributed by atoms with Crippen LogP contribution in [0.3, 0.4) is 0 Å². The van der Waals surface area contributed by atoms with E-state index in [9.17, 15) is 9.18 Å². The van der Waals surface area contributed by atoms with Crippen LogP contribution < -0.4 is 3.79 Å². The number of carboxylic acids is 1. The Hall–Kier alpha value is -1.87. The molecule has 0 unspecified atom stereocenters. The second-order valence-corrected chi connectivity index (χ2v) is 6.11. The van der Waals surface area contributed by atoms with Crippen molar-refractivity contribution < 1.29 is 22.8 Å². The number of hydrogen-bond acceptors (Lipinski definition) is 3. The summed E-state index contributed by atoms with van der Waals surface area (Å²) < 4.78 is 24.3. The first-order chi connectivity index (χ1) is 11.6. The fourth-order valence-electron chi connectivity index (χ4n) is 2.90. The zero-order valence-electron chi connectivity index (χ0n) is 12.9. The molecule has 3 rings (SSSR count). The Morgan fingerprint density at radius 2 is 1.92 bits per heavy atom. The zero-order valence-corrected chi connectivity index (χ0v) is 14.1. The molecule has 1 N–H and O–H groups in total. The lowest BCUT2D eigenvalue weighted by Crippen LogP contribution is -2.31. The van der Waals surface area contributed by atoms with Gasteiger partial charge in [0.25, 0.3) is 0 Å². The van der Waals surface area contributed by atoms with Gasteiger partial charge in [0.1, 0.15) is 12.4 Å². The van der Waals surface area contributed by atoms with Crippen LogP contribution >= 0.6 is 0 Å². The van der Waals surface area contributed by atoms with Crippen molar-refractivity contribution in [3.8, 4) is 16.9 Å². The van der Waals surface area contributed by atoms with Crippen LogP contribution in [0.1, 0.15) is 24.3 Å². The average molecular weight is 342 g/mol. The quantitative estimate of drug-likeness (QED) is 0.819. The summed E-state index contributed by atoms with van der Waals surface area (Å²) in [6.45, 7) is -0.246. The van der Waals surface area contributed by atoms with E-state index < -0.39 is 5.97 Å². The molecule has 0 aliphatic heterocycles. The second-order valence-electron chi connectivity index (χ2n) is 5.88. The molecule has 0 atom stereocenters. The maximum absolute atomic E-state index is 14.0. The number of ether oxygens (including phenoxy) is 1. The zero-order chi connectivity index (χ0) is 17.1. The highest BCUT2D eigenvalue weighted by molar-refractivity contribution is 6.00. The molecule has 2 aromatic rings. The van der Waals surface area contributed by atoms with E-state index in [4.69, 9.17) is 13.6 Å². The van der Waals surface area contributed by atoms with Crippen molar-refractivity contribution in [2.24, 2.45) is 0 Å². The van der Waals surface area contributed by atoms with Gasteiger partial charge in [-0.2, -0.15) is 0 Å². The van der Waals surface area contributed by atoms with E-state index in [1.54, 1.807) is 12.1 Å². The Kier molecular flexibility index (Phi) is 5.20. The molecule has 0 aromatic heterocycles. The lowest BCUT2D eigenvalue weighted by atomic mass is 9.77. The summed E-state index contributed by atoms with van der Waals surface area (Å²) in [5, 5.41) is 8.60. The average Bonchev–Trinajstić information content (AvgIpc) is 2.54. The first-order valence-corrected chi connectivity index (χ1v) is 8.14. The number of carbonyl (C=O) groups is 1. The van der Waals surface area contributed by atoms with Crippen molar-refractivity contribution in [1.82, 2.24) is 0 Å². The molecule has 0 saturated heterocycles. The third-order valence-corrected chi connectivity index (χ3v) is 4.58. The van der Waals surface area contributed by atoms with Crippen LogP contribution in [-0.4, -0.2) is 40.4 Å². The van der Waals surface area contributed by atoms with E-state index in [1.807, 2.05) is 24.3 Å². The van der Waals surface area contributed by atoms with E-state index in [1.165, 1.54) is 6.07 Å². The van der Waals surface area contributed by atoms with Crippen LogP contribution in [0.15, 0.2) is 42.5 Å². The maximum Gasteiger partial charge on any atom is 0.482 e. The van der Waals surface area contributed by atoms with E-state index in [-0.39, 0.29) is 18.5 Å². The Morgan fingerprint density at radius 3 is 2.54 bits per heavy atom. The van der Waals surface area contributed by atoms with Gasteiger partial charge in [-0.25, -0.2) is 9.18 Å². The van der Waals surface area contributed by atoms with E-state index in [0.717, 1.165) is 24.0 Å². The largest absolute Gasteiger partial charge is 0.654 e. The summed E-state index contributed by atoms with van der Waals surface area (Å²) in [6, 6.07) is 12.4. The van der Waals surface area contributed by atoms with Gasteiger partial charge >= 0.3 is 22.6 Å². The highest BCUT2D eigenvalue weighted by Gasteiger charge is 2.31. The number of aliphatic carboxylic acids is 1. The highest BCUT2D eigenvalue weighted by Crippen LogP contribution is 2.39. The van der Waals surface area contributed by atoms with Gasteiger partial charge in [-0.15, -0.1) is 0 Å². The first-order valence-electron chi connectivity index (χ1n) is 7.67. The highest BCUT2D eigenvalue weighted by atomic mass is 27.1. The van der Waals surface area contributed by atoms with Crippen LogP contribution in [0, 0.1) is 5.82 Å². The minimum atomic E-state index is -0.943. The molecule has 1 aliphatic rings. The summed E-state index contributed by atoms with van der Waals surface area (Å²) >= 11 is 2.15. The van der Waals surface area contributed by atoms with Crippen molar-refractivity contribution in [3.05, 3.63) is 53.8 Å². The predicted octanol–water partition coefficient (Wildman–Crippen LogP) is 3.30. The van der Waals surface area contributed by atoms with Crippen molar-refractivity contribution >= 4 is 22.6 Å². The molecule has 0 bridgehead atoms. The topological polar surface area (TPSA) is 55.8 Å². The van der Waals surface area contributed by atoms with E-state index >= 15 is 0 Å². The summed E-state index contributed by atoms with van der Waals surface area (Å²) in [5.74, 6) is -0.289. The molecule has 6 heteroatoms. The van der Waals surface area contributed by atoms with Gasteiger partial charge in [-0.05, 0) is 48.1 Å². The van der Waals surface area contributed by atoms with Crippen molar-refractivity contribution in [1.29, 1.82) is 0 Å². The molecule has 2 aromatic carbocycles. The smallest absolute Gasteiger partial charge is 0.482 e. The van der Waals surface area contributed by atoms with Crippen LogP contribution in [0.4, 0.5) is 4.39 Å². The van der Waals surface area contributed by atoms with Gasteiger partial charge in [0.05, 0.1) is 11.9 Å². The number of rotatable bonds is 6. The Balaban J connectivity index is 1.66. The van der Waals surface area contributed by atoms with E-state index in [2.05, 4.69) is 16.6 Å². The van der Waals surface area contributed by atoms with Crippen molar-refractivity contribution in [2.45, 2.75) is 24.9 Å². The molecule has 1 aliphatic carbocycles. The van der Waals surface area contributed by atoms with Gasteiger partial charge in [-0.1, -0.05) is 24.3 Å². The fraction of sp³-hybridized carbons (Fsp3) is 0.278. The Bertz CT molecular complexity index is 726. The third-order valence-electron chi connectivity index (χ3n) is 4.30. The Morgan fingerprint density at radius 1 is 1.21 bits per heavy atom. The van der Waals surface area contributed by atoms with Gasteiger partial charge in [0, 0.05) is 5.56 Å². The number of benzene rings is 2. The first kappa shape index (κ1) is 17.0. The molecule has 24 heavy (non-hydrogen) atoms. The molecule has 0 heterocycles. The van der Waals surface area contributed by atoms with Crippen LogP contribution in [-0.2, 0) is 9.53 Å². The van der Waals surface area contributed by atoms with Crippen molar-refractivity contribution in [2.75, 3.05) is 6.61 Å². The molecule has 0 spiro atoms. The molecular weight excluding hydrogens is 326 g/mol. The Labute approximate surface area is 148 Å². The summed E-state index contributed by atoms with van der Waals surface area (Å²) in [4.78, 5) is 10.5. The molecule has 1 saturated carbocycles. The summed E-state index contributed by atoms with van der Waals surface area (Å²) in [5.41, 5.74) is 2.45. The molecule has 2 radical (unpaired) electrons. The second kappa shape index (κ2) is 7.35. The molecule has 0 amide bonds. The summed E-state index contributed by atoms with van der Waals surface area (Å²) in [6.07, 6.45) is 1.65. The fourth-order valence-corrected chi connectivity index (χ4v) is 3.04. The van der Waals surface area contributed by atoms with Crippen LogP contribution in [0.25, 0.3) is 11.1 Å². The molecule has 122 valence electrons. The van der Waals surface area contributed by atoms with Crippen molar-refractivity contribution in [3.63, 3.8) is 0 Å². The third kappa shape index (κ3) is 3.78. The van der Waals surface area contributed by atoms with Gasteiger partial charge in [-0.3, -0.25) is 0 Å². The van der Waals surface area contributed by atoms with Crippen LogP contribution in [0.2, 0.25) is 0 Å². The lowest BCUT2D eigenvalue weighted by Gasteiger charge is -2.35. The number of carboxylic acid groups (broad SMARTS) is 1. The summed E-state index contributed by atoms with van der Waals surface area (Å²) in [7, 11) is 0. The standard InChI is InChI=1S/C18H17FO4.Al/c19-17-6-5-14(20)9-16(17)12-3-1-11(2-4-12)13-7-15(8-13)23-10-18(21)22;/h1-6,9,13,15,20H,7-8,10H2,(H,21,22);/q;+1/p-1. The SMILES string of the molecule is O=C(O)COC1CC(c2ccc(-c3cc([O][Al])ccc3F)cc2)C1. The predicted molar refractivity (Wildman–Crippen MR) is 87.6 cm³/mol. The van der Waals surface area contributed by atoms with Gasteiger partial charge in [0.15, 0.2) is 0 Å². The van der Waals surface area contributed by atoms with Gasteiger partial charge < -0.3 is 13.6 Å². The molecular formula is C18H16AlFO4. The molecule has 1 fully saturated rings. The number of halogens is 1. The number of hydrogen-bond donors (Lipinski definition) is 1. The van der Waals surface area contributed by atoms with Crippen LogP contribution in [0.5, 0.6) is 5.75 Å². The van der Waals surface area contributed by atoms with Gasteiger partial charge in [0.2, 0.25) is 0 Å². The monoisotopic (exact) mass is 342 g/mol. The minimum Gasteiger partial charge on any atom is -0.654 e. The normalized spacial score (nSPS) is 19.5. The minimum absolute atomic E-state index is 0.0131.